The number of hydrogen-bond donors (Lipinski definition) is 1. The number of rotatable bonds is 9. The van der Waals surface area contributed by atoms with Crippen molar-refractivity contribution in [2.24, 2.45) is 0 Å². The van der Waals surface area contributed by atoms with Crippen LogP contribution in [-0.2, 0) is 27.5 Å². The third-order valence-corrected chi connectivity index (χ3v) is 7.09. The number of hydrogen-bond acceptors (Lipinski definition) is 5. The molecule has 1 amide bonds. The fraction of sp³-hybridized carbons (Fsp3) is 0.235. The molecule has 0 fully saturated rings. The van der Waals surface area contributed by atoms with E-state index in [0.717, 1.165) is 39.1 Å². The van der Waals surface area contributed by atoms with Crippen LogP contribution in [0.15, 0.2) is 97.1 Å². The van der Waals surface area contributed by atoms with Gasteiger partial charge in [-0.1, -0.05) is 90.5 Å². The van der Waals surface area contributed by atoms with Crippen LogP contribution in [0, 0.1) is 6.92 Å². The van der Waals surface area contributed by atoms with Gasteiger partial charge in [0.2, 0.25) is 0 Å². The van der Waals surface area contributed by atoms with Crippen molar-refractivity contribution in [3.05, 3.63) is 125 Å². The lowest BCUT2D eigenvalue weighted by Gasteiger charge is -2.24. The lowest BCUT2D eigenvalue weighted by molar-refractivity contribution is -0.151. The first kappa shape index (κ1) is 27.0. The minimum absolute atomic E-state index is 0.0583. The highest BCUT2D eigenvalue weighted by Gasteiger charge is 2.33. The molecule has 1 aliphatic carbocycles. The summed E-state index contributed by atoms with van der Waals surface area (Å²) in [4.78, 5) is 25.5. The molecule has 1 aliphatic rings. The van der Waals surface area contributed by atoms with Crippen LogP contribution in [0.5, 0.6) is 5.75 Å². The number of amides is 1. The summed E-state index contributed by atoms with van der Waals surface area (Å²) in [6, 6.07) is 31.9. The average molecular weight is 536 g/mol. The summed E-state index contributed by atoms with van der Waals surface area (Å²) in [5, 5.41) is 2.65. The normalized spacial score (nSPS) is 12.3. The second-order valence-electron chi connectivity index (χ2n) is 10.6. The summed E-state index contributed by atoms with van der Waals surface area (Å²) in [7, 11) is 0. The van der Waals surface area contributed by atoms with Gasteiger partial charge in [0.25, 0.3) is 0 Å². The van der Waals surface area contributed by atoms with Gasteiger partial charge in [0.05, 0.1) is 0 Å². The van der Waals surface area contributed by atoms with Gasteiger partial charge in [0.1, 0.15) is 31.1 Å². The number of esters is 1. The van der Waals surface area contributed by atoms with E-state index in [1.165, 1.54) is 5.56 Å². The Bertz CT molecular complexity index is 1450. The van der Waals surface area contributed by atoms with Crippen molar-refractivity contribution in [1.29, 1.82) is 0 Å². The van der Waals surface area contributed by atoms with Crippen LogP contribution in [0.4, 0.5) is 4.79 Å². The second kappa shape index (κ2) is 11.7. The van der Waals surface area contributed by atoms with Gasteiger partial charge in [-0.05, 0) is 66.3 Å². The molecule has 40 heavy (non-hydrogen) atoms. The summed E-state index contributed by atoms with van der Waals surface area (Å²) >= 11 is 0. The minimum Gasteiger partial charge on any atom is -0.489 e. The molecule has 4 aromatic carbocycles. The molecule has 6 nitrogen and oxygen atoms in total. The Morgan fingerprint density at radius 1 is 0.725 bits per heavy atom. The maximum absolute atomic E-state index is 12.8. The first-order valence-electron chi connectivity index (χ1n) is 13.4. The van der Waals surface area contributed by atoms with E-state index >= 15 is 0 Å². The average Bonchev–Trinajstić information content (AvgIpc) is 3.28. The van der Waals surface area contributed by atoms with Crippen LogP contribution in [-0.4, -0.2) is 24.2 Å². The molecule has 0 unspecified atom stereocenters. The number of ether oxygens (including phenoxy) is 3. The SMILES string of the molecule is Cc1ccc(COc2ccc(COC(=O)C(C)(C)NC(=O)OCC3c4ccccc4-c4ccccc43)cc2)cc1. The van der Waals surface area contributed by atoms with Crippen LogP contribution >= 0.6 is 0 Å². The lowest BCUT2D eigenvalue weighted by Crippen LogP contribution is -2.50. The van der Waals surface area contributed by atoms with Gasteiger partial charge < -0.3 is 19.5 Å². The van der Waals surface area contributed by atoms with Crippen molar-refractivity contribution in [1.82, 2.24) is 5.32 Å². The Morgan fingerprint density at radius 2 is 1.27 bits per heavy atom. The van der Waals surface area contributed by atoms with Crippen molar-refractivity contribution in [3.63, 3.8) is 0 Å². The Hall–Kier alpha value is -4.58. The molecule has 6 heteroatoms. The standard InChI is InChI=1S/C34H33NO5/c1-23-12-14-24(15-13-23)20-38-26-18-16-25(17-19-26)21-39-32(36)34(2,3)35-33(37)40-22-31-29-10-6-4-8-27(29)28-9-5-7-11-30(28)31/h4-19,31H,20-22H2,1-3H3,(H,35,37). The van der Waals surface area contributed by atoms with E-state index in [4.69, 9.17) is 14.2 Å². The van der Waals surface area contributed by atoms with Gasteiger partial charge in [-0.2, -0.15) is 0 Å². The topological polar surface area (TPSA) is 73.9 Å². The summed E-state index contributed by atoms with van der Waals surface area (Å²) in [5.74, 6) is 0.116. The molecule has 0 aromatic heterocycles. The van der Waals surface area contributed by atoms with E-state index in [1.54, 1.807) is 13.8 Å². The number of benzene rings is 4. The second-order valence-corrected chi connectivity index (χ2v) is 10.6. The summed E-state index contributed by atoms with van der Waals surface area (Å²) in [6.45, 7) is 5.97. The molecule has 1 N–H and O–H groups in total. The fourth-order valence-electron chi connectivity index (χ4n) is 4.80. The number of carbonyl (C=O) groups excluding carboxylic acids is 2. The zero-order chi connectivity index (χ0) is 28.1. The molecular weight excluding hydrogens is 502 g/mol. The maximum atomic E-state index is 12.8. The highest BCUT2D eigenvalue weighted by Crippen LogP contribution is 2.44. The summed E-state index contributed by atoms with van der Waals surface area (Å²) in [5.41, 5.74) is 6.41. The summed E-state index contributed by atoms with van der Waals surface area (Å²) < 4.78 is 16.9. The number of nitrogens with one attached hydrogen (secondary N) is 1. The quantitative estimate of drug-likeness (QED) is 0.235. The van der Waals surface area contributed by atoms with Crippen LogP contribution < -0.4 is 10.1 Å². The summed E-state index contributed by atoms with van der Waals surface area (Å²) in [6.07, 6.45) is -0.668. The van der Waals surface area contributed by atoms with Gasteiger partial charge in [-0.3, -0.25) is 0 Å². The zero-order valence-corrected chi connectivity index (χ0v) is 23.0. The minimum atomic E-state index is -1.26. The zero-order valence-electron chi connectivity index (χ0n) is 23.0. The van der Waals surface area contributed by atoms with E-state index in [1.807, 2.05) is 60.7 Å². The Kier molecular flexibility index (Phi) is 7.87. The fourth-order valence-corrected chi connectivity index (χ4v) is 4.80. The van der Waals surface area contributed by atoms with E-state index < -0.39 is 17.6 Å². The van der Waals surface area contributed by atoms with E-state index in [0.29, 0.717) is 6.61 Å². The van der Waals surface area contributed by atoms with Gasteiger partial charge in [0.15, 0.2) is 0 Å². The van der Waals surface area contributed by atoms with Crippen LogP contribution in [0.25, 0.3) is 11.1 Å². The predicted molar refractivity (Wildman–Crippen MR) is 154 cm³/mol. The van der Waals surface area contributed by atoms with Crippen LogP contribution in [0.3, 0.4) is 0 Å². The maximum Gasteiger partial charge on any atom is 0.408 e. The third kappa shape index (κ3) is 6.18. The smallest absolute Gasteiger partial charge is 0.408 e. The molecule has 0 radical (unpaired) electrons. The number of aryl methyl sites for hydroxylation is 1. The van der Waals surface area contributed by atoms with Crippen LogP contribution in [0.1, 0.15) is 47.6 Å². The molecule has 0 saturated heterocycles. The Labute approximate surface area is 234 Å². The van der Waals surface area contributed by atoms with Crippen molar-refractivity contribution in [2.45, 2.75) is 45.4 Å². The molecule has 5 rings (SSSR count). The molecule has 0 saturated carbocycles. The van der Waals surface area contributed by atoms with Crippen molar-refractivity contribution >= 4 is 12.1 Å². The Morgan fingerprint density at radius 3 is 1.90 bits per heavy atom. The third-order valence-electron chi connectivity index (χ3n) is 7.09. The molecule has 0 bridgehead atoms. The van der Waals surface area contributed by atoms with Gasteiger partial charge in [-0.15, -0.1) is 0 Å². The molecular formula is C34H33NO5. The van der Waals surface area contributed by atoms with Crippen molar-refractivity contribution < 1.29 is 23.8 Å². The van der Waals surface area contributed by atoms with E-state index in [-0.39, 0.29) is 19.1 Å². The lowest BCUT2D eigenvalue weighted by atomic mass is 9.98. The first-order valence-corrected chi connectivity index (χ1v) is 13.4. The van der Waals surface area contributed by atoms with E-state index in [2.05, 4.69) is 48.6 Å². The van der Waals surface area contributed by atoms with Crippen molar-refractivity contribution in [3.8, 4) is 16.9 Å². The number of fused-ring (bicyclic) bond motifs is 3. The van der Waals surface area contributed by atoms with Gasteiger partial charge in [-0.25, -0.2) is 9.59 Å². The number of carbonyl (C=O) groups is 2. The van der Waals surface area contributed by atoms with Gasteiger partial charge >= 0.3 is 12.1 Å². The first-order chi connectivity index (χ1) is 19.3. The van der Waals surface area contributed by atoms with Crippen molar-refractivity contribution in [2.75, 3.05) is 6.61 Å². The van der Waals surface area contributed by atoms with Gasteiger partial charge in [0, 0.05) is 5.92 Å². The Balaban J connectivity index is 1.10. The predicted octanol–water partition coefficient (Wildman–Crippen LogP) is 6.93. The van der Waals surface area contributed by atoms with Crippen LogP contribution in [0.2, 0.25) is 0 Å². The molecule has 4 aromatic rings. The molecule has 0 aliphatic heterocycles. The molecule has 204 valence electrons. The molecule has 0 heterocycles. The highest BCUT2D eigenvalue weighted by atomic mass is 16.6. The number of alkyl carbamates (subject to hydrolysis) is 1. The molecule has 0 spiro atoms. The molecule has 0 atom stereocenters. The van der Waals surface area contributed by atoms with E-state index in [9.17, 15) is 9.59 Å². The highest BCUT2D eigenvalue weighted by molar-refractivity contribution is 5.85. The largest absolute Gasteiger partial charge is 0.489 e. The monoisotopic (exact) mass is 535 g/mol.